The predicted octanol–water partition coefficient (Wildman–Crippen LogP) is 2.64. The third-order valence-corrected chi connectivity index (χ3v) is 2.77. The molecule has 3 rings (SSSR count). The molecule has 0 aliphatic heterocycles. The molecule has 2 N–H and O–H groups in total. The molecule has 0 saturated carbocycles. The van der Waals surface area contributed by atoms with Crippen LogP contribution in [0.25, 0.3) is 22.4 Å². The molecule has 2 aromatic heterocycles. The second kappa shape index (κ2) is 3.59. The predicted molar refractivity (Wildman–Crippen MR) is 65.7 cm³/mol. The molecular weight excluding hydrogens is 214 g/mol. The van der Waals surface area contributed by atoms with Gasteiger partial charge in [0.1, 0.15) is 11.6 Å². The number of hydrogen-bond acceptors (Lipinski definition) is 3. The van der Waals surface area contributed by atoms with Crippen molar-refractivity contribution in [2.45, 2.75) is 6.92 Å². The maximum Gasteiger partial charge on any atom is 0.144 e. The van der Waals surface area contributed by atoms with Crippen LogP contribution in [0.2, 0.25) is 0 Å². The van der Waals surface area contributed by atoms with E-state index in [1.54, 1.807) is 12.3 Å². The first-order valence-corrected chi connectivity index (χ1v) is 5.34. The minimum Gasteiger partial charge on any atom is -0.506 e. The van der Waals surface area contributed by atoms with Crippen LogP contribution >= 0.6 is 0 Å². The van der Waals surface area contributed by atoms with Gasteiger partial charge in [0, 0.05) is 6.20 Å². The Kier molecular flexibility index (Phi) is 2.08. The Balaban J connectivity index is 2.26. The molecule has 1 aromatic carbocycles. The van der Waals surface area contributed by atoms with Crippen LogP contribution in [-0.4, -0.2) is 20.1 Å². The molecular formula is C13H11N3O. The highest BCUT2D eigenvalue weighted by atomic mass is 16.3. The van der Waals surface area contributed by atoms with E-state index in [-0.39, 0.29) is 5.75 Å². The lowest BCUT2D eigenvalue weighted by atomic mass is 10.2. The number of para-hydroxylation sites is 1. The summed E-state index contributed by atoms with van der Waals surface area (Å²) in [6.07, 6.45) is 3.05. The van der Waals surface area contributed by atoms with E-state index in [1.165, 1.54) is 6.20 Å². The third kappa shape index (κ3) is 1.54. The largest absolute Gasteiger partial charge is 0.506 e. The normalized spacial score (nSPS) is 10.9. The molecule has 4 nitrogen and oxygen atoms in total. The van der Waals surface area contributed by atoms with Gasteiger partial charge in [0.2, 0.25) is 0 Å². The average molecular weight is 225 g/mol. The van der Waals surface area contributed by atoms with Gasteiger partial charge in [-0.25, -0.2) is 4.98 Å². The Labute approximate surface area is 98.0 Å². The summed E-state index contributed by atoms with van der Waals surface area (Å²) < 4.78 is 0. The molecule has 0 aliphatic carbocycles. The van der Waals surface area contributed by atoms with Crippen molar-refractivity contribution >= 4 is 11.0 Å². The van der Waals surface area contributed by atoms with Crippen molar-refractivity contribution in [3.8, 4) is 17.1 Å². The van der Waals surface area contributed by atoms with Crippen molar-refractivity contribution in [3.05, 3.63) is 42.2 Å². The molecule has 3 aromatic rings. The lowest BCUT2D eigenvalue weighted by Crippen LogP contribution is -1.82. The molecule has 17 heavy (non-hydrogen) atoms. The number of aromatic amines is 1. The SMILES string of the molecule is Cc1cccc2[nH]c(-c3ccncc3O)nc12. The summed E-state index contributed by atoms with van der Waals surface area (Å²) in [6, 6.07) is 7.70. The lowest BCUT2D eigenvalue weighted by Gasteiger charge is -1.98. The number of aromatic hydroxyl groups is 1. The average Bonchev–Trinajstić information content (AvgIpc) is 2.75. The zero-order chi connectivity index (χ0) is 11.8. The molecule has 0 aliphatic rings. The summed E-state index contributed by atoms with van der Waals surface area (Å²) in [6.45, 7) is 2.01. The van der Waals surface area contributed by atoms with Crippen LogP contribution in [0.4, 0.5) is 0 Å². The summed E-state index contributed by atoms with van der Waals surface area (Å²) in [5.74, 6) is 0.790. The quantitative estimate of drug-likeness (QED) is 0.669. The highest BCUT2D eigenvalue weighted by Gasteiger charge is 2.09. The number of imidazole rings is 1. The number of nitrogens with zero attached hydrogens (tertiary/aromatic N) is 2. The van der Waals surface area contributed by atoms with E-state index < -0.39 is 0 Å². The maximum atomic E-state index is 9.74. The first-order chi connectivity index (χ1) is 8.25. The van der Waals surface area contributed by atoms with Crippen molar-refractivity contribution in [2.75, 3.05) is 0 Å². The van der Waals surface area contributed by atoms with Crippen LogP contribution in [0.15, 0.2) is 36.7 Å². The smallest absolute Gasteiger partial charge is 0.144 e. The monoisotopic (exact) mass is 225 g/mol. The van der Waals surface area contributed by atoms with Crippen LogP contribution in [0.3, 0.4) is 0 Å². The number of H-pyrrole nitrogens is 1. The number of benzene rings is 1. The van der Waals surface area contributed by atoms with Crippen molar-refractivity contribution in [1.29, 1.82) is 0 Å². The third-order valence-electron chi connectivity index (χ3n) is 2.77. The summed E-state index contributed by atoms with van der Waals surface area (Å²) in [5.41, 5.74) is 3.67. The first kappa shape index (κ1) is 9.84. The fourth-order valence-corrected chi connectivity index (χ4v) is 1.89. The van der Waals surface area contributed by atoms with Gasteiger partial charge in [-0.2, -0.15) is 0 Å². The van der Waals surface area contributed by atoms with Gasteiger partial charge in [-0.3, -0.25) is 4.98 Å². The van der Waals surface area contributed by atoms with Gasteiger partial charge < -0.3 is 10.1 Å². The number of rotatable bonds is 1. The van der Waals surface area contributed by atoms with Crippen molar-refractivity contribution < 1.29 is 5.11 Å². The summed E-state index contributed by atoms with van der Waals surface area (Å²) in [4.78, 5) is 11.5. The van der Waals surface area contributed by atoms with E-state index in [2.05, 4.69) is 15.0 Å². The van der Waals surface area contributed by atoms with E-state index in [9.17, 15) is 5.11 Å². The zero-order valence-electron chi connectivity index (χ0n) is 9.31. The molecule has 0 spiro atoms. The minimum absolute atomic E-state index is 0.129. The van der Waals surface area contributed by atoms with Gasteiger partial charge in [0.25, 0.3) is 0 Å². The number of pyridine rings is 1. The first-order valence-electron chi connectivity index (χ1n) is 5.34. The van der Waals surface area contributed by atoms with Crippen LogP contribution in [0.1, 0.15) is 5.56 Å². The van der Waals surface area contributed by atoms with E-state index in [4.69, 9.17) is 0 Å². The van der Waals surface area contributed by atoms with Crippen LogP contribution < -0.4 is 0 Å². The molecule has 0 atom stereocenters. The molecule has 4 heteroatoms. The number of aromatic nitrogens is 3. The highest BCUT2D eigenvalue weighted by molar-refractivity contribution is 5.82. The van der Waals surface area contributed by atoms with E-state index in [1.807, 2.05) is 25.1 Å². The van der Waals surface area contributed by atoms with Gasteiger partial charge in [-0.05, 0) is 24.6 Å². The van der Waals surface area contributed by atoms with E-state index >= 15 is 0 Å². The highest BCUT2D eigenvalue weighted by Crippen LogP contribution is 2.27. The zero-order valence-corrected chi connectivity index (χ0v) is 9.31. The molecule has 0 saturated heterocycles. The summed E-state index contributed by atoms with van der Waals surface area (Å²) >= 11 is 0. The molecule has 2 heterocycles. The van der Waals surface area contributed by atoms with Gasteiger partial charge in [-0.1, -0.05) is 12.1 Å². The number of nitrogens with one attached hydrogen (secondary N) is 1. The lowest BCUT2D eigenvalue weighted by molar-refractivity contribution is 0.474. The fraction of sp³-hybridized carbons (Fsp3) is 0.0769. The Bertz CT molecular complexity index is 688. The molecule has 0 unspecified atom stereocenters. The molecule has 0 bridgehead atoms. The van der Waals surface area contributed by atoms with E-state index in [0.717, 1.165) is 16.6 Å². The Morgan fingerprint density at radius 3 is 2.88 bits per heavy atom. The van der Waals surface area contributed by atoms with Crippen LogP contribution in [0.5, 0.6) is 5.75 Å². The molecule has 0 fully saturated rings. The number of fused-ring (bicyclic) bond motifs is 1. The number of aryl methyl sites for hydroxylation is 1. The topological polar surface area (TPSA) is 61.8 Å². The van der Waals surface area contributed by atoms with Gasteiger partial charge in [0.05, 0.1) is 22.8 Å². The van der Waals surface area contributed by atoms with Gasteiger partial charge in [0.15, 0.2) is 0 Å². The Morgan fingerprint density at radius 1 is 1.24 bits per heavy atom. The second-order valence-corrected chi connectivity index (χ2v) is 3.95. The molecule has 84 valence electrons. The van der Waals surface area contributed by atoms with E-state index in [0.29, 0.717) is 11.4 Å². The molecule has 0 radical (unpaired) electrons. The van der Waals surface area contributed by atoms with Crippen molar-refractivity contribution in [3.63, 3.8) is 0 Å². The standard InChI is InChI=1S/C13H11N3O/c1-8-3-2-4-10-12(8)16-13(15-10)9-5-6-14-7-11(9)17/h2-7,17H,1H3,(H,15,16). The Morgan fingerprint density at radius 2 is 2.12 bits per heavy atom. The Hall–Kier alpha value is -2.36. The molecule has 0 amide bonds. The van der Waals surface area contributed by atoms with Gasteiger partial charge >= 0.3 is 0 Å². The van der Waals surface area contributed by atoms with Crippen molar-refractivity contribution in [2.24, 2.45) is 0 Å². The summed E-state index contributed by atoms with van der Waals surface area (Å²) in [7, 11) is 0. The maximum absolute atomic E-state index is 9.74. The van der Waals surface area contributed by atoms with Crippen molar-refractivity contribution in [1.82, 2.24) is 15.0 Å². The van der Waals surface area contributed by atoms with Gasteiger partial charge in [-0.15, -0.1) is 0 Å². The summed E-state index contributed by atoms with van der Waals surface area (Å²) in [5, 5.41) is 9.74. The van der Waals surface area contributed by atoms with Crippen LogP contribution in [-0.2, 0) is 0 Å². The second-order valence-electron chi connectivity index (χ2n) is 3.95. The number of hydrogen-bond donors (Lipinski definition) is 2. The minimum atomic E-state index is 0.129. The fourth-order valence-electron chi connectivity index (χ4n) is 1.89. The van der Waals surface area contributed by atoms with Crippen LogP contribution in [0, 0.1) is 6.92 Å².